The zero-order chi connectivity index (χ0) is 25.7. The Morgan fingerprint density at radius 1 is 1.06 bits per heavy atom. The van der Waals surface area contributed by atoms with Gasteiger partial charge >= 0.3 is 0 Å². The maximum atomic E-state index is 2.61. The van der Waals surface area contributed by atoms with E-state index in [4.69, 9.17) is 0 Å². The van der Waals surface area contributed by atoms with Crippen molar-refractivity contribution in [1.82, 2.24) is 0 Å². The van der Waals surface area contributed by atoms with Gasteiger partial charge in [0.05, 0.1) is 5.54 Å². The van der Waals surface area contributed by atoms with Gasteiger partial charge in [0.2, 0.25) is 0 Å². The Morgan fingerprint density at radius 3 is 2.40 bits per heavy atom. The van der Waals surface area contributed by atoms with Gasteiger partial charge in [0.1, 0.15) is 0 Å². The largest absolute Gasteiger partial charge is 0.331 e. The van der Waals surface area contributed by atoms with Gasteiger partial charge in [-0.05, 0) is 101 Å². The lowest BCUT2D eigenvalue weighted by Gasteiger charge is -2.53. The van der Waals surface area contributed by atoms with Crippen LogP contribution < -0.4 is 4.90 Å². The van der Waals surface area contributed by atoms with E-state index in [0.717, 1.165) is 19.3 Å². The quantitative estimate of drug-likeness (QED) is 0.408. The molecular formula is C34H45N. The third kappa shape index (κ3) is 4.32. The number of allylic oxidation sites excluding steroid dienone is 6. The van der Waals surface area contributed by atoms with E-state index >= 15 is 0 Å². The number of fused-ring (bicyclic) bond motifs is 1. The molecule has 0 unspecified atom stereocenters. The zero-order valence-electron chi connectivity index (χ0n) is 23.8. The van der Waals surface area contributed by atoms with Gasteiger partial charge in [0.15, 0.2) is 0 Å². The maximum absolute atomic E-state index is 2.61. The van der Waals surface area contributed by atoms with E-state index in [2.05, 4.69) is 123 Å². The molecule has 0 saturated heterocycles. The van der Waals surface area contributed by atoms with Crippen molar-refractivity contribution in [2.45, 2.75) is 99.5 Å². The molecule has 1 heterocycles. The SMILES string of the molecule is C/C=C(/CC(C)C)c1ccc(C(C)(C)C2=C(C)C=CCC2)cc1N1c2cc(C)cc(C)c2C1(C)C. The van der Waals surface area contributed by atoms with E-state index in [0.29, 0.717) is 5.92 Å². The van der Waals surface area contributed by atoms with Crippen LogP contribution in [0.4, 0.5) is 11.4 Å². The standard InChI is InChI=1S/C34H45N/c1-11-26(18-22(2)3)28-17-16-27(33(7,8)29-15-13-12-14-24(29)5)21-30(28)35-31-20-23(4)19-25(6)32(31)34(35,9)10/h11-12,14,16-17,19-22H,13,15,18H2,1-10H3/b26-11-. The predicted molar refractivity (Wildman–Crippen MR) is 155 cm³/mol. The first-order chi connectivity index (χ1) is 16.4. The number of aryl methyl sites for hydroxylation is 2. The Kier molecular flexibility index (Phi) is 6.68. The topological polar surface area (TPSA) is 3.24 Å². The molecule has 2 aromatic rings. The first kappa shape index (κ1) is 25.5. The molecule has 4 rings (SSSR count). The smallest absolute Gasteiger partial charge is 0.0669 e. The van der Waals surface area contributed by atoms with Crippen LogP contribution in [0.2, 0.25) is 0 Å². The van der Waals surface area contributed by atoms with Crippen molar-refractivity contribution in [3.8, 4) is 0 Å². The predicted octanol–water partition coefficient (Wildman–Crippen LogP) is 10.1. The number of anilines is 2. The van der Waals surface area contributed by atoms with Crippen molar-refractivity contribution >= 4 is 16.9 Å². The van der Waals surface area contributed by atoms with Gasteiger partial charge < -0.3 is 4.90 Å². The van der Waals surface area contributed by atoms with Gasteiger partial charge in [-0.15, -0.1) is 0 Å². The normalized spacial score (nSPS) is 17.7. The molecular weight excluding hydrogens is 422 g/mol. The van der Waals surface area contributed by atoms with E-state index in [1.54, 1.807) is 5.57 Å². The summed E-state index contributed by atoms with van der Waals surface area (Å²) in [5.41, 5.74) is 14.2. The van der Waals surface area contributed by atoms with Crippen LogP contribution in [-0.2, 0) is 11.0 Å². The van der Waals surface area contributed by atoms with Crippen LogP contribution in [0.15, 0.2) is 59.7 Å². The molecule has 35 heavy (non-hydrogen) atoms. The van der Waals surface area contributed by atoms with Crippen LogP contribution >= 0.6 is 0 Å². The molecule has 2 aromatic carbocycles. The molecule has 1 nitrogen and oxygen atoms in total. The molecule has 0 bridgehead atoms. The molecule has 0 N–H and O–H groups in total. The molecule has 186 valence electrons. The first-order valence-electron chi connectivity index (χ1n) is 13.5. The minimum Gasteiger partial charge on any atom is -0.331 e. The molecule has 2 aliphatic rings. The fourth-order valence-electron chi connectivity index (χ4n) is 6.67. The van der Waals surface area contributed by atoms with E-state index < -0.39 is 0 Å². The zero-order valence-corrected chi connectivity index (χ0v) is 23.8. The Hall–Kier alpha value is -2.54. The fourth-order valence-corrected chi connectivity index (χ4v) is 6.67. The Labute approximate surface area is 214 Å². The Balaban J connectivity index is 1.94. The molecule has 0 aromatic heterocycles. The van der Waals surface area contributed by atoms with Crippen LogP contribution in [0, 0.1) is 19.8 Å². The highest BCUT2D eigenvalue weighted by atomic mass is 15.3. The van der Waals surface area contributed by atoms with Crippen molar-refractivity contribution in [2.75, 3.05) is 4.90 Å². The van der Waals surface area contributed by atoms with Crippen molar-refractivity contribution < 1.29 is 0 Å². The lowest BCUT2D eigenvalue weighted by atomic mass is 9.71. The Bertz CT molecular complexity index is 1230. The van der Waals surface area contributed by atoms with Gasteiger partial charge in [0.25, 0.3) is 0 Å². The maximum Gasteiger partial charge on any atom is 0.0669 e. The second kappa shape index (κ2) is 9.16. The van der Waals surface area contributed by atoms with Crippen LogP contribution in [0.3, 0.4) is 0 Å². The number of rotatable bonds is 6. The summed E-state index contributed by atoms with van der Waals surface area (Å²) >= 11 is 0. The Morgan fingerprint density at radius 2 is 1.77 bits per heavy atom. The molecule has 0 atom stereocenters. The summed E-state index contributed by atoms with van der Waals surface area (Å²) < 4.78 is 0. The van der Waals surface area contributed by atoms with Crippen molar-refractivity contribution in [3.63, 3.8) is 0 Å². The van der Waals surface area contributed by atoms with E-state index in [9.17, 15) is 0 Å². The van der Waals surface area contributed by atoms with E-state index in [-0.39, 0.29) is 11.0 Å². The molecule has 0 amide bonds. The van der Waals surface area contributed by atoms with Crippen LogP contribution in [-0.4, -0.2) is 0 Å². The highest BCUT2D eigenvalue weighted by molar-refractivity contribution is 5.88. The third-order valence-electron chi connectivity index (χ3n) is 8.31. The van der Waals surface area contributed by atoms with E-state index in [1.165, 1.54) is 50.3 Å². The average Bonchev–Trinajstić information content (AvgIpc) is 2.76. The monoisotopic (exact) mass is 467 g/mol. The lowest BCUT2D eigenvalue weighted by Crippen LogP contribution is -2.49. The lowest BCUT2D eigenvalue weighted by molar-refractivity contribution is 0.479. The van der Waals surface area contributed by atoms with Crippen molar-refractivity contribution in [2.24, 2.45) is 5.92 Å². The average molecular weight is 468 g/mol. The van der Waals surface area contributed by atoms with E-state index in [1.807, 2.05) is 0 Å². The molecule has 1 heteroatoms. The highest BCUT2D eigenvalue weighted by Gasteiger charge is 2.45. The van der Waals surface area contributed by atoms with Crippen LogP contribution in [0.5, 0.6) is 0 Å². The number of benzene rings is 2. The summed E-state index contributed by atoms with van der Waals surface area (Å²) in [7, 11) is 0. The van der Waals surface area contributed by atoms with Crippen LogP contribution in [0.25, 0.3) is 5.57 Å². The summed E-state index contributed by atoms with van der Waals surface area (Å²) in [6, 6.07) is 12.0. The summed E-state index contributed by atoms with van der Waals surface area (Å²) in [6.45, 7) is 23.2. The second-order valence-corrected chi connectivity index (χ2v) is 12.2. The van der Waals surface area contributed by atoms with Crippen molar-refractivity contribution in [3.05, 3.63) is 87.5 Å². The molecule has 1 aliphatic heterocycles. The van der Waals surface area contributed by atoms with Crippen LogP contribution in [0.1, 0.15) is 102 Å². The first-order valence-corrected chi connectivity index (χ1v) is 13.5. The third-order valence-corrected chi connectivity index (χ3v) is 8.31. The fraction of sp³-hybridized carbons (Fsp3) is 0.471. The minimum atomic E-state index is -0.0376. The summed E-state index contributed by atoms with van der Waals surface area (Å²) in [5, 5.41) is 0. The van der Waals surface area contributed by atoms with Gasteiger partial charge in [-0.3, -0.25) is 0 Å². The summed E-state index contributed by atoms with van der Waals surface area (Å²) in [5.74, 6) is 0.619. The molecule has 1 aliphatic carbocycles. The van der Waals surface area contributed by atoms with Gasteiger partial charge in [-0.25, -0.2) is 0 Å². The summed E-state index contributed by atoms with van der Waals surface area (Å²) in [4.78, 5) is 2.61. The second-order valence-electron chi connectivity index (χ2n) is 12.2. The van der Waals surface area contributed by atoms with Gasteiger partial charge in [0, 0.05) is 27.9 Å². The molecule has 0 radical (unpaired) electrons. The highest BCUT2D eigenvalue weighted by Crippen LogP contribution is 2.56. The van der Waals surface area contributed by atoms with Gasteiger partial charge in [-0.1, -0.05) is 75.3 Å². The van der Waals surface area contributed by atoms with Crippen molar-refractivity contribution in [1.29, 1.82) is 0 Å². The molecule has 0 fully saturated rings. The molecule has 0 saturated carbocycles. The minimum absolute atomic E-state index is 0.00335. The summed E-state index contributed by atoms with van der Waals surface area (Å²) in [6.07, 6.45) is 10.3. The molecule has 0 spiro atoms. The number of hydrogen-bond donors (Lipinski definition) is 0. The number of nitrogens with zero attached hydrogens (tertiary/aromatic N) is 1. The number of hydrogen-bond acceptors (Lipinski definition) is 1. The van der Waals surface area contributed by atoms with Gasteiger partial charge in [-0.2, -0.15) is 0 Å².